The van der Waals surface area contributed by atoms with Crippen molar-refractivity contribution in [3.05, 3.63) is 51.5 Å². The van der Waals surface area contributed by atoms with Crippen molar-refractivity contribution in [2.24, 2.45) is 0 Å². The van der Waals surface area contributed by atoms with Gasteiger partial charge in [-0.3, -0.25) is 4.79 Å². The summed E-state index contributed by atoms with van der Waals surface area (Å²) in [5.74, 6) is -0.558. The highest BCUT2D eigenvalue weighted by atomic mass is 32.1. The average Bonchev–Trinajstić information content (AvgIpc) is 2.70. The standard InChI is InChI=1S/C14H15FN2OS/c1-8(10-5-3-4-6-11(10)15)17-14(18)13-7-12(16)9(2)19-13/h3-8H,16H2,1-2H3,(H,17,18). The minimum absolute atomic E-state index is 0.236. The van der Waals surface area contributed by atoms with E-state index in [2.05, 4.69) is 5.32 Å². The zero-order chi connectivity index (χ0) is 14.0. The van der Waals surface area contributed by atoms with E-state index in [1.807, 2.05) is 6.92 Å². The van der Waals surface area contributed by atoms with Gasteiger partial charge in [-0.1, -0.05) is 18.2 Å². The topological polar surface area (TPSA) is 55.1 Å². The van der Waals surface area contributed by atoms with Crippen LogP contribution in [0.5, 0.6) is 0 Å². The molecule has 0 saturated carbocycles. The summed E-state index contributed by atoms with van der Waals surface area (Å²) in [4.78, 5) is 13.5. The molecule has 3 nitrogen and oxygen atoms in total. The Morgan fingerprint density at radius 1 is 1.42 bits per heavy atom. The highest BCUT2D eigenvalue weighted by Gasteiger charge is 2.16. The van der Waals surface area contributed by atoms with Crippen LogP contribution >= 0.6 is 11.3 Å². The molecule has 0 spiro atoms. The number of anilines is 1. The monoisotopic (exact) mass is 278 g/mol. The van der Waals surface area contributed by atoms with Crippen LogP contribution in [0, 0.1) is 12.7 Å². The lowest BCUT2D eigenvalue weighted by Gasteiger charge is -2.14. The molecule has 1 aromatic carbocycles. The molecule has 19 heavy (non-hydrogen) atoms. The van der Waals surface area contributed by atoms with Gasteiger partial charge in [0.1, 0.15) is 5.82 Å². The average molecular weight is 278 g/mol. The number of nitrogens with two attached hydrogens (primary N) is 1. The SMILES string of the molecule is Cc1sc(C(=O)NC(C)c2ccccc2F)cc1N. The Kier molecular flexibility index (Phi) is 3.85. The van der Waals surface area contributed by atoms with Crippen molar-refractivity contribution < 1.29 is 9.18 Å². The van der Waals surface area contributed by atoms with Crippen LogP contribution in [-0.2, 0) is 0 Å². The molecule has 100 valence electrons. The van der Waals surface area contributed by atoms with Crippen molar-refractivity contribution in [2.75, 3.05) is 5.73 Å². The summed E-state index contributed by atoms with van der Waals surface area (Å²) in [5.41, 5.74) is 6.79. The Labute approximate surface area is 115 Å². The molecule has 0 saturated heterocycles. The van der Waals surface area contributed by atoms with E-state index in [-0.39, 0.29) is 11.7 Å². The number of hydrogen-bond donors (Lipinski definition) is 2. The van der Waals surface area contributed by atoms with Gasteiger partial charge in [0.2, 0.25) is 0 Å². The van der Waals surface area contributed by atoms with Gasteiger partial charge in [0, 0.05) is 16.1 Å². The van der Waals surface area contributed by atoms with Crippen molar-refractivity contribution >= 4 is 22.9 Å². The van der Waals surface area contributed by atoms with Gasteiger partial charge in [0.05, 0.1) is 10.9 Å². The molecule has 2 rings (SSSR count). The van der Waals surface area contributed by atoms with E-state index in [0.717, 1.165) is 4.88 Å². The number of halogens is 1. The van der Waals surface area contributed by atoms with Gasteiger partial charge in [0.25, 0.3) is 5.91 Å². The summed E-state index contributed by atoms with van der Waals surface area (Å²) >= 11 is 1.33. The minimum Gasteiger partial charge on any atom is -0.398 e. The number of hydrogen-bond acceptors (Lipinski definition) is 3. The summed E-state index contributed by atoms with van der Waals surface area (Å²) in [7, 11) is 0. The second kappa shape index (κ2) is 5.40. The van der Waals surface area contributed by atoms with E-state index in [1.54, 1.807) is 31.2 Å². The van der Waals surface area contributed by atoms with Crippen molar-refractivity contribution in [2.45, 2.75) is 19.9 Å². The maximum absolute atomic E-state index is 13.6. The highest BCUT2D eigenvalue weighted by molar-refractivity contribution is 7.14. The van der Waals surface area contributed by atoms with Crippen molar-refractivity contribution in [3.8, 4) is 0 Å². The minimum atomic E-state index is -0.391. The first-order chi connectivity index (χ1) is 8.99. The van der Waals surface area contributed by atoms with Gasteiger partial charge in [-0.15, -0.1) is 11.3 Å². The molecule has 1 heterocycles. The molecular weight excluding hydrogens is 263 g/mol. The van der Waals surface area contributed by atoms with Crippen molar-refractivity contribution in [1.82, 2.24) is 5.32 Å². The van der Waals surface area contributed by atoms with Gasteiger partial charge in [-0.2, -0.15) is 0 Å². The van der Waals surface area contributed by atoms with Crippen molar-refractivity contribution in [3.63, 3.8) is 0 Å². The summed E-state index contributed by atoms with van der Waals surface area (Å²) in [6.45, 7) is 3.61. The molecule has 1 unspecified atom stereocenters. The number of nitrogen functional groups attached to an aromatic ring is 1. The second-order valence-corrected chi connectivity index (χ2v) is 5.60. The summed E-state index contributed by atoms with van der Waals surface area (Å²) < 4.78 is 13.6. The number of aryl methyl sites for hydroxylation is 1. The van der Waals surface area contributed by atoms with E-state index in [1.165, 1.54) is 17.4 Å². The van der Waals surface area contributed by atoms with E-state index in [4.69, 9.17) is 5.73 Å². The molecule has 0 radical (unpaired) electrons. The Morgan fingerprint density at radius 2 is 2.11 bits per heavy atom. The molecular formula is C14H15FN2OS. The van der Waals surface area contributed by atoms with E-state index in [0.29, 0.717) is 16.1 Å². The van der Waals surface area contributed by atoms with Gasteiger partial charge >= 0.3 is 0 Å². The van der Waals surface area contributed by atoms with Crippen LogP contribution < -0.4 is 11.1 Å². The van der Waals surface area contributed by atoms with Gasteiger partial charge < -0.3 is 11.1 Å². The zero-order valence-corrected chi connectivity index (χ0v) is 11.6. The smallest absolute Gasteiger partial charge is 0.261 e. The van der Waals surface area contributed by atoms with Crippen LogP contribution in [0.3, 0.4) is 0 Å². The van der Waals surface area contributed by atoms with Crippen LogP contribution in [0.1, 0.15) is 33.1 Å². The zero-order valence-electron chi connectivity index (χ0n) is 10.7. The lowest BCUT2D eigenvalue weighted by atomic mass is 10.1. The molecule has 3 N–H and O–H groups in total. The molecule has 0 bridgehead atoms. The van der Waals surface area contributed by atoms with Crippen LogP contribution in [0.15, 0.2) is 30.3 Å². The molecule has 0 aliphatic carbocycles. The van der Waals surface area contributed by atoms with E-state index < -0.39 is 6.04 Å². The molecule has 5 heteroatoms. The quantitative estimate of drug-likeness (QED) is 0.905. The fraction of sp³-hybridized carbons (Fsp3) is 0.214. The number of nitrogens with one attached hydrogen (secondary N) is 1. The van der Waals surface area contributed by atoms with Crippen LogP contribution in [0.25, 0.3) is 0 Å². The normalized spacial score (nSPS) is 12.2. The third-order valence-corrected chi connectivity index (χ3v) is 3.96. The van der Waals surface area contributed by atoms with Gasteiger partial charge in [-0.25, -0.2) is 4.39 Å². The van der Waals surface area contributed by atoms with E-state index in [9.17, 15) is 9.18 Å². The molecule has 1 amide bonds. The predicted octanol–water partition coefficient (Wildman–Crippen LogP) is 3.27. The number of amides is 1. The predicted molar refractivity (Wildman–Crippen MR) is 75.7 cm³/mol. The first kappa shape index (κ1) is 13.5. The molecule has 1 aromatic heterocycles. The Balaban J connectivity index is 2.13. The number of thiophene rings is 1. The van der Waals surface area contributed by atoms with Crippen LogP contribution in [-0.4, -0.2) is 5.91 Å². The molecule has 0 fully saturated rings. The largest absolute Gasteiger partial charge is 0.398 e. The molecule has 0 aliphatic heterocycles. The molecule has 0 aliphatic rings. The summed E-state index contributed by atoms with van der Waals surface area (Å²) in [5, 5.41) is 2.77. The number of benzene rings is 1. The summed E-state index contributed by atoms with van der Waals surface area (Å²) in [6, 6.07) is 7.66. The molecule has 2 aromatic rings. The lowest BCUT2D eigenvalue weighted by molar-refractivity contribution is 0.0943. The first-order valence-corrected chi connectivity index (χ1v) is 6.72. The van der Waals surface area contributed by atoms with Crippen LogP contribution in [0.4, 0.5) is 10.1 Å². The Hall–Kier alpha value is -1.88. The van der Waals surface area contributed by atoms with Crippen LogP contribution in [0.2, 0.25) is 0 Å². The Bertz CT molecular complexity index is 590. The van der Waals surface area contributed by atoms with E-state index >= 15 is 0 Å². The molecule has 1 atom stereocenters. The fourth-order valence-corrected chi connectivity index (χ4v) is 2.62. The number of carbonyl (C=O) groups excluding carboxylic acids is 1. The van der Waals surface area contributed by atoms with Gasteiger partial charge in [0.15, 0.2) is 0 Å². The summed E-state index contributed by atoms with van der Waals surface area (Å²) in [6.07, 6.45) is 0. The number of carbonyl (C=O) groups is 1. The lowest BCUT2D eigenvalue weighted by Crippen LogP contribution is -2.26. The Morgan fingerprint density at radius 3 is 2.68 bits per heavy atom. The maximum atomic E-state index is 13.6. The third kappa shape index (κ3) is 2.93. The third-order valence-electron chi connectivity index (χ3n) is 2.90. The highest BCUT2D eigenvalue weighted by Crippen LogP contribution is 2.24. The first-order valence-electron chi connectivity index (χ1n) is 5.90. The number of rotatable bonds is 3. The van der Waals surface area contributed by atoms with Gasteiger partial charge in [-0.05, 0) is 26.0 Å². The maximum Gasteiger partial charge on any atom is 0.261 e. The van der Waals surface area contributed by atoms with Crippen molar-refractivity contribution in [1.29, 1.82) is 0 Å². The fourth-order valence-electron chi connectivity index (χ4n) is 1.78. The second-order valence-electron chi connectivity index (χ2n) is 4.34.